The van der Waals surface area contributed by atoms with E-state index in [4.69, 9.17) is 0 Å². The molecule has 4 atom stereocenters. The third-order valence-corrected chi connectivity index (χ3v) is 4.91. The number of nitrogens with one attached hydrogen (secondary N) is 1. The third-order valence-electron chi connectivity index (χ3n) is 4.91. The molecule has 0 aliphatic carbocycles. The van der Waals surface area contributed by atoms with Gasteiger partial charge in [-0.1, -0.05) is 66.6 Å². The summed E-state index contributed by atoms with van der Waals surface area (Å²) >= 11 is 0. The van der Waals surface area contributed by atoms with E-state index in [0.29, 0.717) is 0 Å². The highest BCUT2D eigenvalue weighted by Gasteiger charge is 2.34. The maximum atomic E-state index is 10.5. The fraction of sp³-hybridized carbons (Fsp3) is 0.400. The van der Waals surface area contributed by atoms with Crippen LogP contribution in [0.5, 0.6) is 0 Å². The van der Waals surface area contributed by atoms with E-state index in [0.717, 1.165) is 6.42 Å². The normalized spacial score (nSPS) is 28.5. The number of aryl methyl sites for hydroxylation is 2. The molecule has 22 heavy (non-hydrogen) atoms. The average molecular weight is 295 g/mol. The van der Waals surface area contributed by atoms with Crippen LogP contribution in [0.1, 0.15) is 47.7 Å². The van der Waals surface area contributed by atoms with Gasteiger partial charge in [0.1, 0.15) is 0 Å². The molecule has 1 heterocycles. The topological polar surface area (TPSA) is 32.3 Å². The Balaban J connectivity index is 1.86. The lowest BCUT2D eigenvalue weighted by atomic mass is 9.81. The van der Waals surface area contributed by atoms with Crippen molar-refractivity contribution < 1.29 is 5.11 Å². The van der Waals surface area contributed by atoms with Crippen molar-refractivity contribution in [3.63, 3.8) is 0 Å². The lowest BCUT2D eigenvalue weighted by Crippen LogP contribution is -2.43. The molecule has 0 radical (unpaired) electrons. The number of piperidine rings is 1. The van der Waals surface area contributed by atoms with Crippen LogP contribution in [0.15, 0.2) is 48.5 Å². The number of benzene rings is 2. The van der Waals surface area contributed by atoms with Crippen LogP contribution in [0.3, 0.4) is 0 Å². The summed E-state index contributed by atoms with van der Waals surface area (Å²) in [6.07, 6.45) is 0.492. The largest absolute Gasteiger partial charge is 0.393 e. The van der Waals surface area contributed by atoms with Crippen LogP contribution < -0.4 is 5.32 Å². The minimum Gasteiger partial charge on any atom is -0.393 e. The summed E-state index contributed by atoms with van der Waals surface area (Å²) in [6, 6.07) is 17.7. The van der Waals surface area contributed by atoms with Crippen molar-refractivity contribution in [1.29, 1.82) is 0 Å². The molecule has 2 N–H and O–H groups in total. The molecule has 0 unspecified atom stereocenters. The van der Waals surface area contributed by atoms with E-state index in [-0.39, 0.29) is 24.1 Å². The highest BCUT2D eigenvalue weighted by molar-refractivity contribution is 5.29. The second-order valence-electron chi connectivity index (χ2n) is 6.68. The zero-order chi connectivity index (χ0) is 15.7. The first-order valence-corrected chi connectivity index (χ1v) is 8.12. The second-order valence-corrected chi connectivity index (χ2v) is 6.68. The second kappa shape index (κ2) is 6.23. The van der Waals surface area contributed by atoms with Crippen LogP contribution in [-0.4, -0.2) is 11.2 Å². The van der Waals surface area contributed by atoms with Gasteiger partial charge >= 0.3 is 0 Å². The summed E-state index contributed by atoms with van der Waals surface area (Å²) in [5, 5.41) is 14.3. The fourth-order valence-electron chi connectivity index (χ4n) is 3.32. The van der Waals surface area contributed by atoms with Crippen LogP contribution in [0, 0.1) is 19.8 Å². The van der Waals surface area contributed by atoms with Crippen LogP contribution >= 0.6 is 0 Å². The monoisotopic (exact) mass is 295 g/mol. The van der Waals surface area contributed by atoms with Gasteiger partial charge in [-0.15, -0.1) is 0 Å². The zero-order valence-corrected chi connectivity index (χ0v) is 13.6. The Bertz CT molecular complexity index is 617. The molecule has 0 bridgehead atoms. The molecule has 0 spiro atoms. The van der Waals surface area contributed by atoms with E-state index in [1.807, 2.05) is 0 Å². The van der Waals surface area contributed by atoms with Crippen molar-refractivity contribution in [3.8, 4) is 0 Å². The van der Waals surface area contributed by atoms with E-state index < -0.39 is 0 Å². The Morgan fingerprint density at radius 2 is 1.36 bits per heavy atom. The van der Waals surface area contributed by atoms with Crippen molar-refractivity contribution in [1.82, 2.24) is 5.32 Å². The van der Waals surface area contributed by atoms with Crippen LogP contribution in [0.4, 0.5) is 0 Å². The molecule has 1 fully saturated rings. The molecule has 2 heteroatoms. The van der Waals surface area contributed by atoms with E-state index in [9.17, 15) is 5.11 Å². The van der Waals surface area contributed by atoms with E-state index in [1.54, 1.807) is 0 Å². The summed E-state index contributed by atoms with van der Waals surface area (Å²) in [5.74, 6) is 0.212. The minimum absolute atomic E-state index is 0.190. The van der Waals surface area contributed by atoms with Crippen molar-refractivity contribution in [3.05, 3.63) is 70.8 Å². The highest BCUT2D eigenvalue weighted by atomic mass is 16.3. The Morgan fingerprint density at radius 3 is 1.91 bits per heavy atom. The van der Waals surface area contributed by atoms with Gasteiger partial charge in [-0.25, -0.2) is 0 Å². The fourth-order valence-corrected chi connectivity index (χ4v) is 3.32. The molecule has 3 rings (SSSR count). The molecule has 1 aliphatic heterocycles. The third kappa shape index (κ3) is 3.08. The van der Waals surface area contributed by atoms with E-state index in [2.05, 4.69) is 74.6 Å². The summed E-state index contributed by atoms with van der Waals surface area (Å²) < 4.78 is 0. The van der Waals surface area contributed by atoms with Gasteiger partial charge in [0, 0.05) is 18.0 Å². The zero-order valence-electron chi connectivity index (χ0n) is 13.6. The smallest absolute Gasteiger partial charge is 0.0602 e. The van der Waals surface area contributed by atoms with E-state index >= 15 is 0 Å². The molecular weight excluding hydrogens is 270 g/mol. The predicted molar refractivity (Wildman–Crippen MR) is 90.8 cm³/mol. The first-order chi connectivity index (χ1) is 10.5. The number of aliphatic hydroxyl groups excluding tert-OH is 1. The van der Waals surface area contributed by atoms with Gasteiger partial charge in [-0.3, -0.25) is 0 Å². The minimum atomic E-state index is -0.279. The maximum absolute atomic E-state index is 10.5. The Labute approximate surface area is 133 Å². The number of hydrogen-bond acceptors (Lipinski definition) is 2. The average Bonchev–Trinajstić information content (AvgIpc) is 2.52. The van der Waals surface area contributed by atoms with Crippen molar-refractivity contribution in [2.45, 2.75) is 45.4 Å². The first-order valence-electron chi connectivity index (χ1n) is 8.12. The van der Waals surface area contributed by atoms with Crippen LogP contribution in [-0.2, 0) is 0 Å². The van der Waals surface area contributed by atoms with Gasteiger partial charge in [-0.05, 0) is 31.4 Å². The molecular formula is C20H25NO. The SMILES string of the molecule is Cc1ccc([C@H]2C[C@H](O)[C@H](C)[C@H](c3ccc(C)cc3)N2)cc1. The molecule has 2 aromatic rings. The molecule has 0 aromatic heterocycles. The van der Waals surface area contributed by atoms with Crippen molar-refractivity contribution in [2.75, 3.05) is 0 Å². The van der Waals surface area contributed by atoms with Crippen LogP contribution in [0.25, 0.3) is 0 Å². The number of aliphatic hydroxyl groups is 1. The molecule has 0 amide bonds. The number of rotatable bonds is 2. The molecule has 116 valence electrons. The van der Waals surface area contributed by atoms with Crippen molar-refractivity contribution in [2.24, 2.45) is 5.92 Å². The Hall–Kier alpha value is -1.64. The maximum Gasteiger partial charge on any atom is 0.0602 e. The van der Waals surface area contributed by atoms with Gasteiger partial charge in [0.15, 0.2) is 0 Å². The van der Waals surface area contributed by atoms with Gasteiger partial charge < -0.3 is 10.4 Å². The molecule has 2 nitrogen and oxygen atoms in total. The van der Waals surface area contributed by atoms with Crippen molar-refractivity contribution >= 4 is 0 Å². The molecule has 2 aromatic carbocycles. The molecule has 0 saturated carbocycles. The van der Waals surface area contributed by atoms with Gasteiger partial charge in [0.25, 0.3) is 0 Å². The predicted octanol–water partition coefficient (Wildman–Crippen LogP) is 4.08. The molecule has 1 saturated heterocycles. The number of hydrogen-bond donors (Lipinski definition) is 2. The van der Waals surface area contributed by atoms with E-state index in [1.165, 1.54) is 22.3 Å². The Morgan fingerprint density at radius 1 is 0.864 bits per heavy atom. The van der Waals surface area contributed by atoms with Gasteiger partial charge in [0.2, 0.25) is 0 Å². The quantitative estimate of drug-likeness (QED) is 0.875. The molecule has 1 aliphatic rings. The highest BCUT2D eigenvalue weighted by Crippen LogP contribution is 2.37. The van der Waals surface area contributed by atoms with Crippen LogP contribution in [0.2, 0.25) is 0 Å². The van der Waals surface area contributed by atoms with Gasteiger partial charge in [0.05, 0.1) is 6.10 Å². The summed E-state index contributed by atoms with van der Waals surface area (Å²) in [4.78, 5) is 0. The lowest BCUT2D eigenvalue weighted by Gasteiger charge is -2.40. The summed E-state index contributed by atoms with van der Waals surface area (Å²) in [7, 11) is 0. The lowest BCUT2D eigenvalue weighted by molar-refractivity contribution is 0.0402. The Kier molecular flexibility index (Phi) is 4.32. The summed E-state index contributed by atoms with van der Waals surface area (Å²) in [5.41, 5.74) is 5.05. The summed E-state index contributed by atoms with van der Waals surface area (Å²) in [6.45, 7) is 6.34. The first kappa shape index (κ1) is 15.3. The van der Waals surface area contributed by atoms with Gasteiger partial charge in [-0.2, -0.15) is 0 Å². The standard InChI is InChI=1S/C20H25NO/c1-13-4-8-16(9-5-13)18-12-19(22)15(3)20(21-18)17-10-6-14(2)7-11-17/h4-11,15,18-22H,12H2,1-3H3/t15-,18+,19-,20+/m0/s1.